The van der Waals surface area contributed by atoms with E-state index in [-0.39, 0.29) is 0 Å². The molecule has 1 aromatic carbocycles. The second-order valence-electron chi connectivity index (χ2n) is 5.03. The second kappa shape index (κ2) is 5.00. The van der Waals surface area contributed by atoms with E-state index in [0.717, 1.165) is 17.6 Å². The number of aryl methyl sites for hydroxylation is 3. The van der Waals surface area contributed by atoms with Gasteiger partial charge in [0, 0.05) is 30.2 Å². The van der Waals surface area contributed by atoms with Gasteiger partial charge < -0.3 is 4.90 Å². The van der Waals surface area contributed by atoms with Crippen molar-refractivity contribution in [3.8, 4) is 0 Å². The summed E-state index contributed by atoms with van der Waals surface area (Å²) in [6.07, 6.45) is 2.37. The van der Waals surface area contributed by atoms with Crippen LogP contribution < -0.4 is 4.90 Å². The van der Waals surface area contributed by atoms with Gasteiger partial charge in [0.1, 0.15) is 5.82 Å². The number of benzene rings is 1. The summed E-state index contributed by atoms with van der Waals surface area (Å²) in [5, 5.41) is 5.42. The quantitative estimate of drug-likeness (QED) is 0.787. The Morgan fingerprint density at radius 3 is 2.89 bits per heavy atom. The van der Waals surface area contributed by atoms with Crippen molar-refractivity contribution in [2.45, 2.75) is 25.1 Å². The maximum absolute atomic E-state index is 4.57. The minimum absolute atomic E-state index is 0.848. The number of nitrogens with zero attached hydrogens (tertiary/aromatic N) is 3. The molecule has 0 N–H and O–H groups in total. The van der Waals surface area contributed by atoms with E-state index in [1.807, 2.05) is 11.7 Å². The minimum atomic E-state index is 0.848. The van der Waals surface area contributed by atoms with Crippen LogP contribution in [0.1, 0.15) is 23.2 Å². The minimum Gasteiger partial charge on any atom is -0.326 e. The number of fused-ring (bicyclic) bond motifs is 1. The number of rotatable bonds is 2. The van der Waals surface area contributed by atoms with E-state index in [4.69, 9.17) is 0 Å². The van der Waals surface area contributed by atoms with Crippen molar-refractivity contribution in [3.05, 3.63) is 41.1 Å². The summed E-state index contributed by atoms with van der Waals surface area (Å²) in [5.41, 5.74) is 5.17. The van der Waals surface area contributed by atoms with Crippen molar-refractivity contribution in [2.75, 3.05) is 11.4 Å². The molecule has 3 nitrogen and oxygen atoms in total. The molecule has 0 unspecified atom stereocenters. The van der Waals surface area contributed by atoms with Crippen molar-refractivity contribution >= 4 is 27.4 Å². The molecule has 0 bridgehead atoms. The first-order chi connectivity index (χ1) is 9.22. The molecular weight excluding hydrogens is 302 g/mol. The highest BCUT2D eigenvalue weighted by Crippen LogP contribution is 2.36. The van der Waals surface area contributed by atoms with Gasteiger partial charge in [-0.2, -0.15) is 5.10 Å². The normalized spacial score (nSPS) is 14.6. The predicted molar refractivity (Wildman–Crippen MR) is 82.3 cm³/mol. The Morgan fingerprint density at radius 2 is 2.11 bits per heavy atom. The molecule has 0 saturated carbocycles. The molecule has 0 spiro atoms. The first-order valence-corrected chi connectivity index (χ1v) is 7.78. The molecule has 0 saturated heterocycles. The van der Waals surface area contributed by atoms with Gasteiger partial charge in [-0.1, -0.05) is 34.1 Å². The Kier molecular flexibility index (Phi) is 3.35. The van der Waals surface area contributed by atoms with Crippen molar-refractivity contribution in [1.29, 1.82) is 0 Å². The third-order valence-electron chi connectivity index (χ3n) is 3.81. The molecule has 3 rings (SSSR count). The second-order valence-corrected chi connectivity index (χ2v) is 5.59. The van der Waals surface area contributed by atoms with Gasteiger partial charge in [0.05, 0.1) is 5.69 Å². The van der Waals surface area contributed by atoms with Crippen molar-refractivity contribution in [2.24, 2.45) is 7.05 Å². The molecule has 1 aliphatic rings. The Bertz CT molecular complexity index is 603. The van der Waals surface area contributed by atoms with E-state index in [2.05, 4.69) is 57.1 Å². The zero-order valence-corrected chi connectivity index (χ0v) is 12.9. The maximum atomic E-state index is 4.57. The summed E-state index contributed by atoms with van der Waals surface area (Å²) >= 11 is 3.60. The molecule has 1 aromatic heterocycles. The number of aromatic nitrogens is 2. The van der Waals surface area contributed by atoms with Crippen molar-refractivity contribution < 1.29 is 0 Å². The number of para-hydroxylation sites is 1. The fraction of sp³-hybridized carbons (Fsp3) is 0.400. The van der Waals surface area contributed by atoms with Gasteiger partial charge in [0.15, 0.2) is 0 Å². The fourth-order valence-corrected chi connectivity index (χ4v) is 3.59. The largest absolute Gasteiger partial charge is 0.326 e. The molecule has 0 fully saturated rings. The van der Waals surface area contributed by atoms with Crippen LogP contribution in [0.4, 0.5) is 11.5 Å². The zero-order chi connectivity index (χ0) is 13.4. The molecule has 0 aliphatic carbocycles. The van der Waals surface area contributed by atoms with E-state index in [1.54, 1.807) is 0 Å². The molecule has 0 amide bonds. The highest BCUT2D eigenvalue weighted by molar-refractivity contribution is 9.08. The van der Waals surface area contributed by atoms with Crippen LogP contribution in [0.5, 0.6) is 0 Å². The summed E-state index contributed by atoms with van der Waals surface area (Å²) in [4.78, 5) is 2.41. The van der Waals surface area contributed by atoms with Crippen molar-refractivity contribution in [1.82, 2.24) is 9.78 Å². The molecule has 2 aromatic rings. The van der Waals surface area contributed by atoms with Gasteiger partial charge in [0.25, 0.3) is 0 Å². The Hall–Kier alpha value is -1.29. The fourth-order valence-electron chi connectivity index (χ4n) is 2.94. The smallest absolute Gasteiger partial charge is 0.135 e. The van der Waals surface area contributed by atoms with Crippen LogP contribution >= 0.6 is 15.9 Å². The molecular formula is C15H18BrN3. The monoisotopic (exact) mass is 319 g/mol. The summed E-state index contributed by atoms with van der Waals surface area (Å²) < 4.78 is 2.01. The number of alkyl halides is 1. The summed E-state index contributed by atoms with van der Waals surface area (Å²) in [5.74, 6) is 1.22. The molecule has 2 heterocycles. The van der Waals surface area contributed by atoms with Crippen LogP contribution in [0, 0.1) is 6.92 Å². The van der Waals surface area contributed by atoms with Crippen molar-refractivity contribution in [3.63, 3.8) is 0 Å². The van der Waals surface area contributed by atoms with E-state index in [0.29, 0.717) is 0 Å². The summed E-state index contributed by atoms with van der Waals surface area (Å²) in [6, 6.07) is 8.70. The lowest BCUT2D eigenvalue weighted by atomic mass is 10.0. The van der Waals surface area contributed by atoms with E-state index < -0.39 is 0 Å². The van der Waals surface area contributed by atoms with Gasteiger partial charge in [-0.05, 0) is 31.4 Å². The van der Waals surface area contributed by atoms with Crippen LogP contribution in [0.2, 0.25) is 0 Å². The Labute approximate surface area is 122 Å². The van der Waals surface area contributed by atoms with Crippen LogP contribution in [-0.2, 0) is 18.8 Å². The molecule has 100 valence electrons. The molecule has 19 heavy (non-hydrogen) atoms. The topological polar surface area (TPSA) is 21.1 Å². The van der Waals surface area contributed by atoms with Gasteiger partial charge >= 0.3 is 0 Å². The third-order valence-corrected chi connectivity index (χ3v) is 4.37. The first-order valence-electron chi connectivity index (χ1n) is 6.66. The van der Waals surface area contributed by atoms with Gasteiger partial charge in [0.2, 0.25) is 0 Å². The van der Waals surface area contributed by atoms with Crippen LogP contribution in [0.15, 0.2) is 24.3 Å². The zero-order valence-electron chi connectivity index (χ0n) is 11.4. The maximum Gasteiger partial charge on any atom is 0.135 e. The van der Waals surface area contributed by atoms with Crippen LogP contribution in [0.3, 0.4) is 0 Å². The van der Waals surface area contributed by atoms with E-state index >= 15 is 0 Å². The summed E-state index contributed by atoms with van der Waals surface area (Å²) in [6.45, 7) is 3.14. The SMILES string of the molecule is Cc1nn(C)c(N2CCCc3ccccc32)c1CBr. The number of halogens is 1. The highest BCUT2D eigenvalue weighted by Gasteiger charge is 2.24. The average Bonchev–Trinajstić information content (AvgIpc) is 2.72. The first kappa shape index (κ1) is 12.7. The summed E-state index contributed by atoms with van der Waals surface area (Å²) in [7, 11) is 2.03. The van der Waals surface area contributed by atoms with Crippen LogP contribution in [-0.4, -0.2) is 16.3 Å². The van der Waals surface area contributed by atoms with E-state index in [9.17, 15) is 0 Å². The lowest BCUT2D eigenvalue weighted by molar-refractivity contribution is 0.703. The molecule has 1 aliphatic heterocycles. The van der Waals surface area contributed by atoms with E-state index in [1.165, 1.54) is 35.5 Å². The number of anilines is 2. The third kappa shape index (κ3) is 2.08. The standard InChI is InChI=1S/C15H18BrN3/c1-11-13(10-16)15(18(2)17-11)19-9-5-7-12-6-3-4-8-14(12)19/h3-4,6,8H,5,7,9-10H2,1-2H3. The Morgan fingerprint density at radius 1 is 1.32 bits per heavy atom. The molecule has 0 radical (unpaired) electrons. The number of hydrogen-bond donors (Lipinski definition) is 0. The lowest BCUT2D eigenvalue weighted by Gasteiger charge is -2.31. The van der Waals surface area contributed by atoms with Crippen LogP contribution in [0.25, 0.3) is 0 Å². The molecule has 4 heteroatoms. The average molecular weight is 320 g/mol. The molecule has 0 atom stereocenters. The predicted octanol–water partition coefficient (Wildman–Crippen LogP) is 3.71. The lowest BCUT2D eigenvalue weighted by Crippen LogP contribution is -2.27. The Balaban J connectivity index is 2.14. The van der Waals surface area contributed by atoms with Gasteiger partial charge in [-0.3, -0.25) is 4.68 Å². The highest BCUT2D eigenvalue weighted by atomic mass is 79.9. The van der Waals surface area contributed by atoms with Gasteiger partial charge in [-0.25, -0.2) is 0 Å². The van der Waals surface area contributed by atoms with Gasteiger partial charge in [-0.15, -0.1) is 0 Å². The number of hydrogen-bond acceptors (Lipinski definition) is 2.